The van der Waals surface area contributed by atoms with Gasteiger partial charge in [0, 0.05) is 32.5 Å². The van der Waals surface area contributed by atoms with E-state index in [-0.39, 0.29) is 10.9 Å². The van der Waals surface area contributed by atoms with Gasteiger partial charge in [0.25, 0.3) is 0 Å². The molecule has 1 aliphatic heterocycles. The molecule has 134 valence electrons. The molecule has 25 heavy (non-hydrogen) atoms. The van der Waals surface area contributed by atoms with E-state index in [4.69, 9.17) is 0 Å². The van der Waals surface area contributed by atoms with Gasteiger partial charge in [0.05, 0.1) is 17.9 Å². The minimum absolute atomic E-state index is 0.104. The molecule has 6 nitrogen and oxygen atoms in total. The number of rotatable bonds is 4. The molecule has 1 aliphatic rings. The van der Waals surface area contributed by atoms with Crippen molar-refractivity contribution in [2.75, 3.05) is 25.0 Å². The van der Waals surface area contributed by atoms with E-state index in [0.29, 0.717) is 18.8 Å². The first-order valence-corrected chi connectivity index (χ1v) is 8.80. The molecule has 0 radical (unpaired) electrons. The van der Waals surface area contributed by atoms with E-state index in [0.717, 1.165) is 12.3 Å². The number of hydrogen-bond acceptors (Lipinski definition) is 5. The molecule has 1 fully saturated rings. The first-order valence-electron chi connectivity index (χ1n) is 7.36. The first kappa shape index (κ1) is 17.6. The van der Waals surface area contributed by atoms with E-state index in [1.165, 1.54) is 35.9 Å². The number of alkyl halides is 3. The van der Waals surface area contributed by atoms with Crippen LogP contribution in [0.5, 0.6) is 0 Å². The van der Waals surface area contributed by atoms with Crippen LogP contribution in [0.3, 0.4) is 0 Å². The van der Waals surface area contributed by atoms with Crippen LogP contribution in [0.1, 0.15) is 5.69 Å². The second kappa shape index (κ2) is 6.26. The smallest absolute Gasteiger partial charge is 0.367 e. The molecule has 3 heterocycles. The lowest BCUT2D eigenvalue weighted by molar-refractivity contribution is -0.141. The Morgan fingerprint density at radius 1 is 1.20 bits per heavy atom. The molecule has 2 aromatic rings. The standard InChI is InChI=1S/C15H15F3N4O2S/c1-21(25(23,24)13-3-2-6-19-8-13)12-9-22(10-12)11-4-5-14(20-7-11)15(16,17)18/h2-8,12H,9-10H2,1H3. The normalized spacial score (nSPS) is 16.1. The number of sulfonamides is 1. The summed E-state index contributed by atoms with van der Waals surface area (Å²) in [6.07, 6.45) is -0.563. The lowest BCUT2D eigenvalue weighted by Gasteiger charge is -2.44. The van der Waals surface area contributed by atoms with Gasteiger partial charge in [-0.2, -0.15) is 17.5 Å². The monoisotopic (exact) mass is 372 g/mol. The molecule has 0 spiro atoms. The van der Waals surface area contributed by atoms with Gasteiger partial charge < -0.3 is 4.90 Å². The van der Waals surface area contributed by atoms with E-state index in [1.807, 2.05) is 0 Å². The summed E-state index contributed by atoms with van der Waals surface area (Å²) in [5.74, 6) is 0. The fourth-order valence-electron chi connectivity index (χ4n) is 2.50. The van der Waals surface area contributed by atoms with E-state index in [2.05, 4.69) is 9.97 Å². The number of anilines is 1. The van der Waals surface area contributed by atoms with Crippen LogP contribution in [0.25, 0.3) is 0 Å². The minimum Gasteiger partial charge on any atom is -0.367 e. The molecule has 1 saturated heterocycles. The third-order valence-electron chi connectivity index (χ3n) is 4.09. The van der Waals surface area contributed by atoms with Crippen LogP contribution >= 0.6 is 0 Å². The van der Waals surface area contributed by atoms with Gasteiger partial charge >= 0.3 is 6.18 Å². The highest BCUT2D eigenvalue weighted by Crippen LogP contribution is 2.30. The zero-order valence-electron chi connectivity index (χ0n) is 13.2. The van der Waals surface area contributed by atoms with Crippen molar-refractivity contribution in [1.29, 1.82) is 0 Å². The Morgan fingerprint density at radius 3 is 2.44 bits per heavy atom. The van der Waals surface area contributed by atoms with Gasteiger partial charge in [-0.05, 0) is 24.3 Å². The second-order valence-corrected chi connectivity index (χ2v) is 7.67. The van der Waals surface area contributed by atoms with Gasteiger partial charge in [0.1, 0.15) is 10.6 Å². The molecule has 0 aliphatic carbocycles. The highest BCUT2D eigenvalue weighted by Gasteiger charge is 2.37. The Bertz CT molecular complexity index is 835. The highest BCUT2D eigenvalue weighted by atomic mass is 32.2. The van der Waals surface area contributed by atoms with Crippen molar-refractivity contribution in [2.45, 2.75) is 17.1 Å². The van der Waals surface area contributed by atoms with E-state index >= 15 is 0 Å². The molecular formula is C15H15F3N4O2S. The predicted molar refractivity (Wildman–Crippen MR) is 84.4 cm³/mol. The van der Waals surface area contributed by atoms with Gasteiger partial charge in [-0.1, -0.05) is 0 Å². The SMILES string of the molecule is CN(C1CN(c2ccc(C(F)(F)F)nc2)C1)S(=O)(=O)c1cccnc1. The van der Waals surface area contributed by atoms with Crippen molar-refractivity contribution >= 4 is 15.7 Å². The lowest BCUT2D eigenvalue weighted by Crippen LogP contribution is -2.59. The Morgan fingerprint density at radius 2 is 1.92 bits per heavy atom. The van der Waals surface area contributed by atoms with Crippen LogP contribution in [0.4, 0.5) is 18.9 Å². The molecule has 0 N–H and O–H groups in total. The zero-order valence-corrected chi connectivity index (χ0v) is 14.0. The van der Waals surface area contributed by atoms with Gasteiger partial charge in [-0.25, -0.2) is 13.4 Å². The van der Waals surface area contributed by atoms with Crippen molar-refractivity contribution in [2.24, 2.45) is 0 Å². The molecule has 0 aromatic carbocycles. The van der Waals surface area contributed by atoms with Crippen molar-refractivity contribution < 1.29 is 21.6 Å². The largest absolute Gasteiger partial charge is 0.433 e. The van der Waals surface area contributed by atoms with Gasteiger partial charge in [-0.3, -0.25) is 4.98 Å². The lowest BCUT2D eigenvalue weighted by atomic mass is 10.1. The number of halogens is 3. The first-order chi connectivity index (χ1) is 11.7. The minimum atomic E-state index is -4.48. The van der Waals surface area contributed by atoms with Crippen LogP contribution in [0, 0.1) is 0 Å². The summed E-state index contributed by atoms with van der Waals surface area (Å²) >= 11 is 0. The van der Waals surface area contributed by atoms with Crippen LogP contribution in [0.2, 0.25) is 0 Å². The molecular weight excluding hydrogens is 357 g/mol. The van der Waals surface area contributed by atoms with Crippen molar-refractivity contribution in [3.63, 3.8) is 0 Å². The number of hydrogen-bond donors (Lipinski definition) is 0. The summed E-state index contributed by atoms with van der Waals surface area (Å²) in [5, 5.41) is 0. The summed E-state index contributed by atoms with van der Waals surface area (Å²) in [6.45, 7) is 0.756. The Labute approximate surface area is 143 Å². The fraction of sp³-hybridized carbons (Fsp3) is 0.333. The Hall–Kier alpha value is -2.20. The van der Waals surface area contributed by atoms with Crippen LogP contribution in [-0.2, 0) is 16.2 Å². The average molecular weight is 372 g/mol. The molecule has 0 amide bonds. The maximum absolute atomic E-state index is 12.5. The summed E-state index contributed by atoms with van der Waals surface area (Å²) in [5.41, 5.74) is -0.430. The fourth-order valence-corrected chi connectivity index (χ4v) is 3.80. The zero-order chi connectivity index (χ0) is 18.2. The summed E-state index contributed by atoms with van der Waals surface area (Å²) in [7, 11) is -2.17. The van der Waals surface area contributed by atoms with Crippen molar-refractivity contribution in [1.82, 2.24) is 14.3 Å². The average Bonchev–Trinajstić information content (AvgIpc) is 2.54. The van der Waals surface area contributed by atoms with Crippen molar-refractivity contribution in [3.05, 3.63) is 48.5 Å². The molecule has 0 bridgehead atoms. The third-order valence-corrected chi connectivity index (χ3v) is 5.98. The number of pyridine rings is 2. The van der Waals surface area contributed by atoms with E-state index in [9.17, 15) is 21.6 Å². The van der Waals surface area contributed by atoms with Crippen LogP contribution in [-0.4, -0.2) is 48.9 Å². The predicted octanol–water partition coefficient (Wildman–Crippen LogP) is 2.00. The topological polar surface area (TPSA) is 66.4 Å². The van der Waals surface area contributed by atoms with Crippen molar-refractivity contribution in [3.8, 4) is 0 Å². The number of likely N-dealkylation sites (N-methyl/N-ethyl adjacent to an activating group) is 1. The molecule has 10 heteroatoms. The van der Waals surface area contributed by atoms with Gasteiger partial charge in [-0.15, -0.1) is 0 Å². The maximum Gasteiger partial charge on any atom is 0.433 e. The quantitative estimate of drug-likeness (QED) is 0.821. The maximum atomic E-state index is 12.5. The Balaban J connectivity index is 1.66. The molecule has 0 unspecified atom stereocenters. The van der Waals surface area contributed by atoms with Crippen LogP contribution in [0.15, 0.2) is 47.8 Å². The number of nitrogens with zero attached hydrogens (tertiary/aromatic N) is 4. The number of aromatic nitrogens is 2. The summed E-state index contributed by atoms with van der Waals surface area (Å²) in [6, 6.07) is 4.99. The molecule has 3 rings (SSSR count). The molecule has 0 saturated carbocycles. The third kappa shape index (κ3) is 3.45. The summed E-state index contributed by atoms with van der Waals surface area (Å²) in [4.78, 5) is 9.10. The second-order valence-electron chi connectivity index (χ2n) is 5.67. The van der Waals surface area contributed by atoms with Gasteiger partial charge in [0.15, 0.2) is 0 Å². The van der Waals surface area contributed by atoms with E-state index < -0.39 is 21.9 Å². The molecule has 0 atom stereocenters. The van der Waals surface area contributed by atoms with Gasteiger partial charge in [0.2, 0.25) is 10.0 Å². The Kier molecular flexibility index (Phi) is 4.41. The molecule has 2 aromatic heterocycles. The summed E-state index contributed by atoms with van der Waals surface area (Å²) < 4.78 is 63.8. The highest BCUT2D eigenvalue weighted by molar-refractivity contribution is 7.89. The van der Waals surface area contributed by atoms with E-state index in [1.54, 1.807) is 11.0 Å². The van der Waals surface area contributed by atoms with Crippen LogP contribution < -0.4 is 4.90 Å².